The molecular weight excluding hydrogens is 246 g/mol. The van der Waals surface area contributed by atoms with Crippen molar-refractivity contribution in [2.75, 3.05) is 24.7 Å². The van der Waals surface area contributed by atoms with Gasteiger partial charge in [-0.25, -0.2) is 4.98 Å². The van der Waals surface area contributed by atoms with Crippen LogP contribution >= 0.6 is 11.8 Å². The van der Waals surface area contributed by atoms with E-state index < -0.39 is 0 Å². The van der Waals surface area contributed by atoms with E-state index in [1.54, 1.807) is 0 Å². The van der Waals surface area contributed by atoms with Crippen molar-refractivity contribution in [2.45, 2.75) is 39.0 Å². The Morgan fingerprint density at radius 3 is 3.17 bits per heavy atom. The number of aromatic nitrogens is 2. The molecule has 2 heterocycles. The molecule has 5 heteroatoms. The number of nitrogens with zero attached hydrogens (tertiary/aromatic N) is 2. The SMILES string of the molecule is CCNC(Cc1nccn1CC)C1CSCCO1. The highest BCUT2D eigenvalue weighted by Gasteiger charge is 2.25. The number of thioether (sulfide) groups is 1. The van der Waals surface area contributed by atoms with Crippen LogP contribution in [0.1, 0.15) is 19.7 Å². The van der Waals surface area contributed by atoms with Crippen molar-refractivity contribution in [1.82, 2.24) is 14.9 Å². The summed E-state index contributed by atoms with van der Waals surface area (Å²) in [5.41, 5.74) is 0. The lowest BCUT2D eigenvalue weighted by Crippen LogP contribution is -2.46. The van der Waals surface area contributed by atoms with Crippen molar-refractivity contribution in [3.63, 3.8) is 0 Å². The predicted octanol–water partition coefficient (Wildman–Crippen LogP) is 1.56. The summed E-state index contributed by atoms with van der Waals surface area (Å²) < 4.78 is 8.10. The maximum absolute atomic E-state index is 5.89. The van der Waals surface area contributed by atoms with Crippen molar-refractivity contribution >= 4 is 11.8 Å². The fraction of sp³-hybridized carbons (Fsp3) is 0.769. The molecule has 0 aromatic carbocycles. The summed E-state index contributed by atoms with van der Waals surface area (Å²) in [6.07, 6.45) is 5.19. The summed E-state index contributed by atoms with van der Waals surface area (Å²) in [4.78, 5) is 4.46. The summed E-state index contributed by atoms with van der Waals surface area (Å²) in [6, 6.07) is 0.371. The molecule has 0 radical (unpaired) electrons. The van der Waals surface area contributed by atoms with Crippen LogP contribution in [0, 0.1) is 0 Å². The van der Waals surface area contributed by atoms with E-state index >= 15 is 0 Å². The Bertz CT molecular complexity index is 350. The van der Waals surface area contributed by atoms with Gasteiger partial charge in [-0.1, -0.05) is 6.92 Å². The second kappa shape index (κ2) is 7.16. The highest BCUT2D eigenvalue weighted by Crippen LogP contribution is 2.17. The number of ether oxygens (including phenoxy) is 1. The first-order valence-corrected chi connectivity index (χ1v) is 7.93. The third-order valence-electron chi connectivity index (χ3n) is 3.30. The molecule has 1 saturated heterocycles. The van der Waals surface area contributed by atoms with Gasteiger partial charge in [-0.2, -0.15) is 11.8 Å². The molecule has 1 aliphatic heterocycles. The minimum absolute atomic E-state index is 0.311. The molecule has 0 saturated carbocycles. The van der Waals surface area contributed by atoms with Crippen molar-refractivity contribution in [2.24, 2.45) is 0 Å². The minimum Gasteiger partial charge on any atom is -0.375 e. The second-order valence-corrected chi connectivity index (χ2v) is 5.63. The molecule has 4 nitrogen and oxygen atoms in total. The van der Waals surface area contributed by atoms with Crippen molar-refractivity contribution in [3.8, 4) is 0 Å². The van der Waals surface area contributed by atoms with E-state index in [-0.39, 0.29) is 0 Å². The Hall–Kier alpha value is -0.520. The number of imidazole rings is 1. The number of rotatable bonds is 6. The van der Waals surface area contributed by atoms with E-state index in [1.807, 2.05) is 18.0 Å². The van der Waals surface area contributed by atoms with Gasteiger partial charge < -0.3 is 14.6 Å². The number of hydrogen-bond acceptors (Lipinski definition) is 4. The third kappa shape index (κ3) is 3.49. The van der Waals surface area contributed by atoms with E-state index in [0.717, 1.165) is 43.4 Å². The fourth-order valence-corrected chi connectivity index (χ4v) is 3.29. The van der Waals surface area contributed by atoms with E-state index in [9.17, 15) is 0 Å². The van der Waals surface area contributed by atoms with Crippen LogP contribution in [0.15, 0.2) is 12.4 Å². The van der Waals surface area contributed by atoms with Gasteiger partial charge in [0.1, 0.15) is 5.82 Å². The van der Waals surface area contributed by atoms with Gasteiger partial charge in [-0.15, -0.1) is 0 Å². The zero-order chi connectivity index (χ0) is 12.8. The van der Waals surface area contributed by atoms with Crippen molar-refractivity contribution < 1.29 is 4.74 Å². The molecule has 0 aliphatic carbocycles. The quantitative estimate of drug-likeness (QED) is 0.850. The van der Waals surface area contributed by atoms with Crippen LogP contribution in [0.4, 0.5) is 0 Å². The van der Waals surface area contributed by atoms with Crippen LogP contribution in [0.3, 0.4) is 0 Å². The lowest BCUT2D eigenvalue weighted by Gasteiger charge is -2.30. The smallest absolute Gasteiger partial charge is 0.110 e. The molecule has 2 atom stereocenters. The molecule has 0 amide bonds. The zero-order valence-electron chi connectivity index (χ0n) is 11.3. The van der Waals surface area contributed by atoms with E-state index in [4.69, 9.17) is 4.74 Å². The molecule has 2 rings (SSSR count). The summed E-state index contributed by atoms with van der Waals surface area (Å²) in [5.74, 6) is 3.37. The van der Waals surface area contributed by atoms with Gasteiger partial charge in [0.15, 0.2) is 0 Å². The molecule has 1 N–H and O–H groups in total. The molecule has 2 unspecified atom stereocenters. The van der Waals surface area contributed by atoms with E-state index in [0.29, 0.717) is 12.1 Å². The largest absolute Gasteiger partial charge is 0.375 e. The molecule has 18 heavy (non-hydrogen) atoms. The summed E-state index contributed by atoms with van der Waals surface area (Å²) in [5, 5.41) is 3.55. The first kappa shape index (κ1) is 13.9. The van der Waals surface area contributed by atoms with Crippen molar-refractivity contribution in [3.05, 3.63) is 18.2 Å². The van der Waals surface area contributed by atoms with Gasteiger partial charge in [0.2, 0.25) is 0 Å². The lowest BCUT2D eigenvalue weighted by molar-refractivity contribution is 0.0469. The summed E-state index contributed by atoms with van der Waals surface area (Å²) >= 11 is 1.99. The average molecular weight is 269 g/mol. The van der Waals surface area contributed by atoms with Crippen LogP contribution in [-0.4, -0.2) is 46.4 Å². The lowest BCUT2D eigenvalue weighted by atomic mass is 10.1. The van der Waals surface area contributed by atoms with Crippen LogP contribution in [0.25, 0.3) is 0 Å². The number of likely N-dealkylation sites (N-methyl/N-ethyl adjacent to an activating group) is 1. The number of nitrogens with one attached hydrogen (secondary N) is 1. The van der Waals surface area contributed by atoms with Crippen LogP contribution in [-0.2, 0) is 17.7 Å². The molecule has 1 fully saturated rings. The number of hydrogen-bond donors (Lipinski definition) is 1. The van der Waals surface area contributed by atoms with Gasteiger partial charge in [0.05, 0.1) is 12.7 Å². The normalized spacial score (nSPS) is 22.0. The zero-order valence-corrected chi connectivity index (χ0v) is 12.1. The molecule has 1 aromatic heterocycles. The third-order valence-corrected chi connectivity index (χ3v) is 4.32. The highest BCUT2D eigenvalue weighted by atomic mass is 32.2. The average Bonchev–Trinajstić information content (AvgIpc) is 2.86. The fourth-order valence-electron chi connectivity index (χ4n) is 2.35. The molecule has 0 bridgehead atoms. The van der Waals surface area contributed by atoms with E-state index in [1.165, 1.54) is 0 Å². The van der Waals surface area contributed by atoms with Gasteiger partial charge in [0, 0.05) is 42.9 Å². The Morgan fingerprint density at radius 2 is 2.50 bits per heavy atom. The van der Waals surface area contributed by atoms with Gasteiger partial charge in [0.25, 0.3) is 0 Å². The molecule has 0 spiro atoms. The molecule has 1 aliphatic rings. The van der Waals surface area contributed by atoms with Gasteiger partial charge >= 0.3 is 0 Å². The van der Waals surface area contributed by atoms with Crippen LogP contribution in [0.2, 0.25) is 0 Å². The first-order chi connectivity index (χ1) is 8.85. The Balaban J connectivity index is 2.00. The van der Waals surface area contributed by atoms with Gasteiger partial charge in [-0.3, -0.25) is 0 Å². The summed E-state index contributed by atoms with van der Waals surface area (Å²) in [6.45, 7) is 7.13. The van der Waals surface area contributed by atoms with E-state index in [2.05, 4.69) is 34.9 Å². The predicted molar refractivity (Wildman–Crippen MR) is 76.1 cm³/mol. The minimum atomic E-state index is 0.311. The highest BCUT2D eigenvalue weighted by molar-refractivity contribution is 7.99. The number of aryl methyl sites for hydroxylation is 1. The molecular formula is C13H23N3OS. The molecule has 1 aromatic rings. The monoisotopic (exact) mass is 269 g/mol. The van der Waals surface area contributed by atoms with Crippen LogP contribution < -0.4 is 5.32 Å². The topological polar surface area (TPSA) is 39.1 Å². The maximum atomic E-state index is 5.89. The second-order valence-electron chi connectivity index (χ2n) is 4.48. The van der Waals surface area contributed by atoms with Crippen LogP contribution in [0.5, 0.6) is 0 Å². The molecule has 102 valence electrons. The Labute approximate surface area is 114 Å². The van der Waals surface area contributed by atoms with Crippen molar-refractivity contribution in [1.29, 1.82) is 0 Å². The maximum Gasteiger partial charge on any atom is 0.110 e. The summed E-state index contributed by atoms with van der Waals surface area (Å²) in [7, 11) is 0. The Morgan fingerprint density at radius 1 is 1.61 bits per heavy atom. The first-order valence-electron chi connectivity index (χ1n) is 6.77. The Kier molecular flexibility index (Phi) is 5.53. The van der Waals surface area contributed by atoms with Gasteiger partial charge in [-0.05, 0) is 13.5 Å². The standard InChI is InChI=1S/C13H23N3OS/c1-3-14-11(12-10-18-8-7-17-12)9-13-15-5-6-16(13)4-2/h5-6,11-12,14H,3-4,7-10H2,1-2H3.